The van der Waals surface area contributed by atoms with Crippen molar-refractivity contribution in [1.29, 1.82) is 5.26 Å². The first-order valence-electron chi connectivity index (χ1n) is 9.99. The summed E-state index contributed by atoms with van der Waals surface area (Å²) in [4.78, 5) is 38.1. The molecule has 0 bridgehead atoms. The fourth-order valence-electron chi connectivity index (χ4n) is 2.81. The zero-order chi connectivity index (χ0) is 22.9. The van der Waals surface area contributed by atoms with Crippen LogP contribution in [0.25, 0.3) is 0 Å². The molecule has 0 radical (unpaired) electrons. The molecule has 2 aromatic carbocycles. The monoisotopic (exact) mass is 421 g/mol. The normalized spacial score (nSPS) is 10.6. The number of hydrogen-bond acceptors (Lipinski definition) is 5. The quantitative estimate of drug-likeness (QED) is 0.660. The minimum absolute atomic E-state index is 0.0216. The molecule has 2 rings (SSSR count). The van der Waals surface area contributed by atoms with E-state index in [1.165, 1.54) is 4.90 Å². The average Bonchev–Trinajstić information content (AvgIpc) is 2.76. The van der Waals surface area contributed by atoms with Gasteiger partial charge in [0.05, 0.1) is 12.5 Å². The van der Waals surface area contributed by atoms with E-state index in [1.807, 2.05) is 24.3 Å². The second-order valence-electron chi connectivity index (χ2n) is 7.96. The fourth-order valence-corrected chi connectivity index (χ4v) is 2.81. The number of nitriles is 1. The van der Waals surface area contributed by atoms with Gasteiger partial charge in [-0.15, -0.1) is 0 Å². The molecule has 0 fully saturated rings. The molecule has 0 saturated heterocycles. The highest BCUT2D eigenvalue weighted by Crippen LogP contribution is 2.22. The van der Waals surface area contributed by atoms with Gasteiger partial charge in [-0.25, -0.2) is 0 Å². The number of nitrogens with zero attached hydrogens (tertiary/aromatic N) is 2. The lowest BCUT2D eigenvalue weighted by molar-refractivity contribution is -0.146. The minimum atomic E-state index is -0.721. The van der Waals surface area contributed by atoms with E-state index in [2.05, 4.69) is 26.1 Å². The van der Waals surface area contributed by atoms with Gasteiger partial charge in [0.1, 0.15) is 6.54 Å². The molecule has 7 heteroatoms. The van der Waals surface area contributed by atoms with Gasteiger partial charge in [0.25, 0.3) is 11.8 Å². The third-order valence-corrected chi connectivity index (χ3v) is 4.58. The average molecular weight is 421 g/mol. The number of ether oxygens (including phenoxy) is 1. The number of benzene rings is 2. The van der Waals surface area contributed by atoms with Gasteiger partial charge in [0.15, 0.2) is 6.61 Å². The van der Waals surface area contributed by atoms with Crippen LogP contribution in [-0.4, -0.2) is 37.5 Å². The molecular formula is C24H27N3O4. The number of nitrogens with one attached hydrogen (secondary N) is 1. The molecule has 2 amide bonds. The molecule has 0 spiro atoms. The molecule has 0 atom stereocenters. The van der Waals surface area contributed by atoms with E-state index in [4.69, 9.17) is 10.00 Å². The van der Waals surface area contributed by atoms with Crippen molar-refractivity contribution in [1.82, 2.24) is 5.32 Å². The Morgan fingerprint density at radius 1 is 1.03 bits per heavy atom. The van der Waals surface area contributed by atoms with E-state index >= 15 is 0 Å². The second kappa shape index (κ2) is 10.9. The number of hydrogen-bond donors (Lipinski definition) is 1. The van der Waals surface area contributed by atoms with Crippen LogP contribution < -0.4 is 10.2 Å². The van der Waals surface area contributed by atoms with Crippen LogP contribution in [0.3, 0.4) is 0 Å². The number of carbonyl (C=O) groups is 3. The molecule has 0 unspecified atom stereocenters. The lowest BCUT2D eigenvalue weighted by atomic mass is 9.87. The second-order valence-corrected chi connectivity index (χ2v) is 7.96. The van der Waals surface area contributed by atoms with Gasteiger partial charge in [-0.2, -0.15) is 5.26 Å². The Bertz CT molecular complexity index is 942. The Hall–Kier alpha value is -3.66. The summed E-state index contributed by atoms with van der Waals surface area (Å²) >= 11 is 0. The minimum Gasteiger partial charge on any atom is -0.454 e. The van der Waals surface area contributed by atoms with Gasteiger partial charge in [-0.05, 0) is 35.2 Å². The highest BCUT2D eigenvalue weighted by molar-refractivity contribution is 5.97. The molecule has 7 nitrogen and oxygen atoms in total. The third kappa shape index (κ3) is 7.27. The molecule has 0 heterocycles. The predicted octanol–water partition coefficient (Wildman–Crippen LogP) is 3.20. The first-order chi connectivity index (χ1) is 14.7. The molecule has 0 aromatic heterocycles. The Labute approximate surface area is 182 Å². The molecule has 0 aliphatic heterocycles. The Morgan fingerprint density at radius 3 is 2.26 bits per heavy atom. The van der Waals surface area contributed by atoms with Crippen molar-refractivity contribution in [3.63, 3.8) is 0 Å². The van der Waals surface area contributed by atoms with Gasteiger partial charge in [0.2, 0.25) is 0 Å². The first-order valence-corrected chi connectivity index (χ1v) is 9.99. The van der Waals surface area contributed by atoms with E-state index in [9.17, 15) is 14.4 Å². The number of anilines is 1. The zero-order valence-corrected chi connectivity index (χ0v) is 18.1. The van der Waals surface area contributed by atoms with E-state index in [-0.39, 0.29) is 24.9 Å². The Morgan fingerprint density at radius 2 is 1.68 bits per heavy atom. The molecule has 0 aliphatic carbocycles. The summed E-state index contributed by atoms with van der Waals surface area (Å²) in [5.41, 5.74) is 2.13. The summed E-state index contributed by atoms with van der Waals surface area (Å²) < 4.78 is 5.01. The first kappa shape index (κ1) is 23.6. The molecule has 1 N–H and O–H groups in total. The number of carbonyl (C=O) groups excluding carboxylic acids is 3. The predicted molar refractivity (Wildman–Crippen MR) is 117 cm³/mol. The molecule has 31 heavy (non-hydrogen) atoms. The molecule has 0 saturated carbocycles. The number of rotatable bonds is 8. The molecular weight excluding hydrogens is 394 g/mol. The van der Waals surface area contributed by atoms with Crippen LogP contribution in [0.5, 0.6) is 0 Å². The third-order valence-electron chi connectivity index (χ3n) is 4.58. The highest BCUT2D eigenvalue weighted by atomic mass is 16.5. The largest absolute Gasteiger partial charge is 0.454 e. The molecule has 162 valence electrons. The number of amides is 2. The van der Waals surface area contributed by atoms with Crippen LogP contribution in [0, 0.1) is 11.3 Å². The summed E-state index contributed by atoms with van der Waals surface area (Å²) in [6.07, 6.45) is 0.151. The van der Waals surface area contributed by atoms with Crippen molar-refractivity contribution < 1.29 is 19.1 Å². The SMILES string of the molecule is CC(C)(C)c1ccc(C(=O)NCC(=O)OCC(=O)N(CCC#N)c2ccccc2)cc1. The fraction of sp³-hybridized carbons (Fsp3) is 0.333. The maximum absolute atomic E-state index is 12.5. The molecule has 2 aromatic rings. The van der Waals surface area contributed by atoms with Gasteiger partial charge >= 0.3 is 5.97 Å². The summed E-state index contributed by atoms with van der Waals surface area (Å²) in [5, 5.41) is 11.3. The summed E-state index contributed by atoms with van der Waals surface area (Å²) in [7, 11) is 0. The maximum atomic E-state index is 12.5. The van der Waals surface area contributed by atoms with Crippen molar-refractivity contribution in [2.75, 3.05) is 24.6 Å². The van der Waals surface area contributed by atoms with Crippen LogP contribution in [0.2, 0.25) is 0 Å². The van der Waals surface area contributed by atoms with Gasteiger partial charge in [-0.1, -0.05) is 51.1 Å². The van der Waals surface area contributed by atoms with Crippen LogP contribution in [0.1, 0.15) is 43.1 Å². The maximum Gasteiger partial charge on any atom is 0.325 e. The van der Waals surface area contributed by atoms with Gasteiger partial charge in [-0.3, -0.25) is 14.4 Å². The van der Waals surface area contributed by atoms with Crippen molar-refractivity contribution >= 4 is 23.5 Å². The Balaban J connectivity index is 1.85. The Kier molecular flexibility index (Phi) is 8.33. The number of para-hydroxylation sites is 1. The van der Waals surface area contributed by atoms with Crippen molar-refractivity contribution in [2.24, 2.45) is 0 Å². The van der Waals surface area contributed by atoms with E-state index in [0.29, 0.717) is 11.3 Å². The lowest BCUT2D eigenvalue weighted by Gasteiger charge is -2.21. The van der Waals surface area contributed by atoms with Gasteiger partial charge in [0, 0.05) is 17.8 Å². The van der Waals surface area contributed by atoms with E-state index < -0.39 is 24.4 Å². The van der Waals surface area contributed by atoms with Crippen LogP contribution in [0.4, 0.5) is 5.69 Å². The summed E-state index contributed by atoms with van der Waals surface area (Å²) in [6.45, 7) is 5.61. The molecule has 0 aliphatic rings. The van der Waals surface area contributed by atoms with Crippen molar-refractivity contribution in [3.8, 4) is 6.07 Å². The van der Waals surface area contributed by atoms with Crippen molar-refractivity contribution in [3.05, 3.63) is 65.7 Å². The van der Waals surface area contributed by atoms with Gasteiger partial charge < -0.3 is 15.0 Å². The van der Waals surface area contributed by atoms with Crippen molar-refractivity contribution in [2.45, 2.75) is 32.6 Å². The van der Waals surface area contributed by atoms with Crippen LogP contribution in [0.15, 0.2) is 54.6 Å². The number of esters is 1. The zero-order valence-electron chi connectivity index (χ0n) is 18.1. The topological polar surface area (TPSA) is 99.5 Å². The standard InChI is InChI=1S/C24H27N3O4/c1-24(2,3)19-12-10-18(11-13-19)23(30)26-16-22(29)31-17-21(28)27(15-7-14-25)20-8-5-4-6-9-20/h4-6,8-13H,7,15-17H2,1-3H3,(H,26,30). The summed E-state index contributed by atoms with van der Waals surface area (Å²) in [5.74, 6) is -1.57. The van der Waals surface area contributed by atoms with Crippen LogP contribution >= 0.6 is 0 Å². The summed E-state index contributed by atoms with van der Waals surface area (Å²) in [6, 6.07) is 18.0. The van der Waals surface area contributed by atoms with E-state index in [0.717, 1.165) is 5.56 Å². The highest BCUT2D eigenvalue weighted by Gasteiger charge is 2.18. The lowest BCUT2D eigenvalue weighted by Crippen LogP contribution is -2.37. The van der Waals surface area contributed by atoms with E-state index in [1.54, 1.807) is 36.4 Å². The van der Waals surface area contributed by atoms with Crippen LogP contribution in [-0.2, 0) is 19.7 Å². The smallest absolute Gasteiger partial charge is 0.325 e.